The summed E-state index contributed by atoms with van der Waals surface area (Å²) >= 11 is 0. The van der Waals surface area contributed by atoms with Gasteiger partial charge in [0.2, 0.25) is 11.8 Å². The maximum atomic E-state index is 13.6. The minimum absolute atomic E-state index is 0.113. The van der Waals surface area contributed by atoms with Gasteiger partial charge in [0.05, 0.1) is 47.1 Å². The van der Waals surface area contributed by atoms with Gasteiger partial charge in [0.15, 0.2) is 0 Å². The lowest BCUT2D eigenvalue weighted by molar-refractivity contribution is -0.173. The van der Waals surface area contributed by atoms with Crippen LogP contribution in [0.2, 0.25) is 0 Å². The number of aromatic hydroxyl groups is 2. The number of nitrogens with one attached hydrogen (secondary N) is 1. The second kappa shape index (κ2) is 8.43. The average Bonchev–Trinajstić information content (AvgIpc) is 3.23. The highest BCUT2D eigenvalue weighted by Crippen LogP contribution is 2.59. The first kappa shape index (κ1) is 25.0. The summed E-state index contributed by atoms with van der Waals surface area (Å²) in [7, 11) is 0. The van der Waals surface area contributed by atoms with Gasteiger partial charge < -0.3 is 25.2 Å². The fraction of sp³-hybridized carbons (Fsp3) is 0.269. The van der Waals surface area contributed by atoms with Crippen molar-refractivity contribution < 1.29 is 28.1 Å². The van der Waals surface area contributed by atoms with Crippen molar-refractivity contribution in [2.24, 2.45) is 5.10 Å². The summed E-state index contributed by atoms with van der Waals surface area (Å²) in [5.74, 6) is -0.725. The van der Waals surface area contributed by atoms with Crippen molar-refractivity contribution in [3.63, 3.8) is 0 Å². The lowest BCUT2D eigenvalue weighted by Crippen LogP contribution is -2.55. The molecule has 0 aliphatic carbocycles. The van der Waals surface area contributed by atoms with E-state index < -0.39 is 40.3 Å². The molecule has 0 amide bonds. The molecule has 2 bridgehead atoms. The summed E-state index contributed by atoms with van der Waals surface area (Å²) in [6.45, 7) is 10.9. The number of benzene rings is 2. The van der Waals surface area contributed by atoms with Gasteiger partial charge in [-0.05, 0) is 44.2 Å². The van der Waals surface area contributed by atoms with Crippen LogP contribution in [0.4, 0.5) is 18.9 Å². The molecule has 3 heterocycles. The Balaban J connectivity index is 1.59. The van der Waals surface area contributed by atoms with E-state index in [0.29, 0.717) is 11.8 Å². The Morgan fingerprint density at radius 3 is 2.24 bits per heavy atom. The third-order valence-corrected chi connectivity index (χ3v) is 6.78. The molecule has 3 aromatic rings. The van der Waals surface area contributed by atoms with E-state index in [0.717, 1.165) is 10.6 Å². The molecule has 1 aromatic heterocycles. The highest BCUT2D eigenvalue weighted by Gasteiger charge is 2.59. The number of nitrogens with zero attached hydrogens (tertiary/aromatic N) is 5. The second-order valence-electron chi connectivity index (χ2n) is 9.51. The highest BCUT2D eigenvalue weighted by atomic mass is 19.4. The largest absolute Gasteiger partial charge is 0.494 e. The Kier molecular flexibility index (Phi) is 5.54. The molecule has 3 N–H and O–H groups in total. The van der Waals surface area contributed by atoms with Crippen molar-refractivity contribution in [2.45, 2.75) is 31.2 Å². The Morgan fingerprint density at radius 1 is 1.11 bits per heavy atom. The number of ether oxygens (including phenoxy) is 1. The number of fused-ring (bicyclic) bond motifs is 5. The van der Waals surface area contributed by atoms with E-state index in [1.165, 1.54) is 12.1 Å². The van der Waals surface area contributed by atoms with Crippen molar-refractivity contribution in [3.8, 4) is 23.5 Å². The van der Waals surface area contributed by atoms with Gasteiger partial charge in [0.25, 0.3) is 5.96 Å². The van der Waals surface area contributed by atoms with E-state index in [4.69, 9.17) is 16.6 Å². The van der Waals surface area contributed by atoms with Gasteiger partial charge in [-0.3, -0.25) is 4.57 Å². The monoisotopic (exact) mass is 522 g/mol. The molecule has 38 heavy (non-hydrogen) atoms. The first-order valence-corrected chi connectivity index (χ1v) is 11.4. The summed E-state index contributed by atoms with van der Waals surface area (Å²) < 4.78 is 48.0. The van der Waals surface area contributed by atoms with Crippen LogP contribution in [0, 0.1) is 17.9 Å². The number of guanidine groups is 1. The Bertz CT molecular complexity index is 1510. The molecule has 0 radical (unpaired) electrons. The normalized spacial score (nSPS) is 22.5. The minimum atomic E-state index is -4.81. The molecule has 5 rings (SSSR count). The first-order valence-electron chi connectivity index (χ1n) is 11.4. The van der Waals surface area contributed by atoms with E-state index >= 15 is 0 Å². The zero-order valence-electron chi connectivity index (χ0n) is 20.2. The van der Waals surface area contributed by atoms with Crippen molar-refractivity contribution in [3.05, 3.63) is 82.3 Å². The van der Waals surface area contributed by atoms with Gasteiger partial charge in [-0.15, -0.1) is 4.95 Å². The molecule has 1 saturated heterocycles. The molecule has 1 fully saturated rings. The molecule has 0 spiro atoms. The van der Waals surface area contributed by atoms with Gasteiger partial charge in [-0.2, -0.15) is 25.0 Å². The van der Waals surface area contributed by atoms with Crippen LogP contribution >= 0.6 is 0 Å². The molecular weight excluding hydrogens is 501 g/mol. The van der Waals surface area contributed by atoms with E-state index in [2.05, 4.69) is 15.4 Å². The SMILES string of the molecule is [C-]#[N+]N=C(Nc1ccccc1)N1C[C@@]2(C)O[C@@](C)(C1)c1c2c(O)n(-c2ccc(C#N)c(C(F)(F)F)c2)c1O. The van der Waals surface area contributed by atoms with Crippen LogP contribution in [0.25, 0.3) is 10.6 Å². The molecule has 2 aliphatic rings. The fourth-order valence-electron chi connectivity index (χ4n) is 5.42. The standard InChI is InChI=1S/C26H21F3N6O3/c1-24-13-34(23(33-31-3)32-16-7-5-4-6-8-16)14-25(2,38-24)20-19(24)21(36)35(22(20)37)17-10-9-15(12-30)18(11-17)26(27,28)29/h4-11,36-37H,13-14H2,1-2H3,(H,32,33)/t24-,25+. The lowest BCUT2D eigenvalue weighted by Gasteiger charge is -2.44. The van der Waals surface area contributed by atoms with Gasteiger partial charge in [-0.1, -0.05) is 18.2 Å². The van der Waals surface area contributed by atoms with Crippen molar-refractivity contribution in [2.75, 3.05) is 18.4 Å². The van der Waals surface area contributed by atoms with Crippen molar-refractivity contribution >= 4 is 11.6 Å². The summed E-state index contributed by atoms with van der Waals surface area (Å²) in [4.78, 5) is 4.93. The highest BCUT2D eigenvalue weighted by molar-refractivity contribution is 5.94. The molecule has 0 saturated carbocycles. The Morgan fingerprint density at radius 2 is 1.71 bits per heavy atom. The van der Waals surface area contributed by atoms with Crippen LogP contribution < -0.4 is 5.32 Å². The number of nitriles is 1. The number of hydrogen-bond donors (Lipinski definition) is 3. The summed E-state index contributed by atoms with van der Waals surface area (Å²) in [5, 5.41) is 38.7. The molecule has 2 aromatic carbocycles. The molecule has 12 heteroatoms. The number of morpholine rings is 1. The lowest BCUT2D eigenvalue weighted by atomic mass is 9.94. The van der Waals surface area contributed by atoms with Crippen LogP contribution in [0.3, 0.4) is 0 Å². The number of aromatic nitrogens is 1. The second-order valence-corrected chi connectivity index (χ2v) is 9.51. The number of anilines is 1. The first-order chi connectivity index (χ1) is 17.9. The number of para-hydroxylation sites is 1. The summed E-state index contributed by atoms with van der Waals surface area (Å²) in [5.41, 5.74) is -3.21. The zero-order valence-corrected chi connectivity index (χ0v) is 20.2. The van der Waals surface area contributed by atoms with Gasteiger partial charge in [-0.25, -0.2) is 0 Å². The van der Waals surface area contributed by atoms with E-state index in [9.17, 15) is 23.4 Å². The van der Waals surface area contributed by atoms with Gasteiger partial charge in [0, 0.05) is 5.69 Å². The predicted octanol–water partition coefficient (Wildman–Crippen LogP) is 4.86. The maximum absolute atomic E-state index is 13.6. The molecule has 2 atom stereocenters. The number of rotatable bonds is 2. The van der Waals surface area contributed by atoms with Crippen molar-refractivity contribution in [1.82, 2.24) is 9.47 Å². The summed E-state index contributed by atoms with van der Waals surface area (Å²) in [6, 6.07) is 13.5. The van der Waals surface area contributed by atoms with Crippen LogP contribution in [-0.4, -0.2) is 38.7 Å². The zero-order chi connectivity index (χ0) is 27.5. The smallest absolute Gasteiger partial charge is 0.417 e. The molecule has 194 valence electrons. The Labute approximate surface area is 215 Å². The van der Waals surface area contributed by atoms with Gasteiger partial charge in [0.1, 0.15) is 16.3 Å². The number of halogens is 3. The predicted molar refractivity (Wildman–Crippen MR) is 130 cm³/mol. The number of alkyl halides is 3. The van der Waals surface area contributed by atoms with Gasteiger partial charge >= 0.3 is 6.18 Å². The van der Waals surface area contributed by atoms with Crippen LogP contribution in [0.15, 0.2) is 53.6 Å². The minimum Gasteiger partial charge on any atom is -0.494 e. The molecule has 2 aliphatic heterocycles. The summed E-state index contributed by atoms with van der Waals surface area (Å²) in [6.07, 6.45) is -4.81. The van der Waals surface area contributed by atoms with Crippen LogP contribution in [0.5, 0.6) is 11.8 Å². The topological polar surface area (TPSA) is 110 Å². The fourth-order valence-corrected chi connectivity index (χ4v) is 5.42. The maximum Gasteiger partial charge on any atom is 0.417 e. The molecule has 0 unspecified atom stereocenters. The third-order valence-electron chi connectivity index (χ3n) is 6.78. The van der Waals surface area contributed by atoms with E-state index in [1.54, 1.807) is 30.9 Å². The number of hydrogen-bond acceptors (Lipinski definition) is 5. The molecule has 9 nitrogen and oxygen atoms in total. The van der Waals surface area contributed by atoms with E-state index in [-0.39, 0.29) is 35.9 Å². The van der Waals surface area contributed by atoms with E-state index in [1.807, 2.05) is 18.2 Å². The average molecular weight is 522 g/mol. The quantitative estimate of drug-likeness (QED) is 0.192. The van der Waals surface area contributed by atoms with Crippen LogP contribution in [0.1, 0.15) is 36.1 Å². The van der Waals surface area contributed by atoms with Crippen molar-refractivity contribution in [1.29, 1.82) is 5.26 Å². The third kappa shape index (κ3) is 3.78. The molecular formula is C26H21F3N6O3. The van der Waals surface area contributed by atoms with Crippen LogP contribution in [-0.2, 0) is 22.1 Å². The Hall–Kier alpha value is -4.68.